The zero-order valence-corrected chi connectivity index (χ0v) is 21.5. The van der Waals surface area contributed by atoms with E-state index in [0.717, 1.165) is 34.5 Å². The molecule has 2 aromatic rings. The molecule has 0 atom stereocenters. The predicted molar refractivity (Wildman–Crippen MR) is 135 cm³/mol. The lowest BCUT2D eigenvalue weighted by atomic mass is 10.1. The first kappa shape index (κ1) is 25.7. The molecule has 0 spiro atoms. The van der Waals surface area contributed by atoms with Crippen LogP contribution < -0.4 is 10.2 Å². The predicted octanol–water partition coefficient (Wildman–Crippen LogP) is 6.09. The second kappa shape index (κ2) is 11.4. The van der Waals surface area contributed by atoms with Gasteiger partial charge in [0.05, 0.1) is 0 Å². The van der Waals surface area contributed by atoms with Crippen LogP contribution >= 0.6 is 15.9 Å². The zero-order valence-electron chi connectivity index (χ0n) is 19.9. The van der Waals surface area contributed by atoms with Gasteiger partial charge in [-0.15, -0.1) is 0 Å². The Kier molecular flexibility index (Phi) is 9.13. The highest BCUT2D eigenvalue weighted by Crippen LogP contribution is 2.25. The van der Waals surface area contributed by atoms with Crippen LogP contribution in [0.15, 0.2) is 46.9 Å². The number of ether oxygens (including phenoxy) is 1. The van der Waals surface area contributed by atoms with Crippen molar-refractivity contribution in [1.82, 2.24) is 4.90 Å². The summed E-state index contributed by atoms with van der Waals surface area (Å²) in [5, 5.41) is 2.98. The lowest BCUT2D eigenvalue weighted by molar-refractivity contribution is 0.0240. The number of amides is 2. The normalized spacial score (nSPS) is 13.7. The van der Waals surface area contributed by atoms with Gasteiger partial charge in [0, 0.05) is 47.6 Å². The number of carbonyl (C=O) groups excluding carboxylic acids is 2. The van der Waals surface area contributed by atoms with Crippen molar-refractivity contribution in [3.05, 3.63) is 58.1 Å². The van der Waals surface area contributed by atoms with Crippen molar-refractivity contribution in [2.24, 2.45) is 0 Å². The van der Waals surface area contributed by atoms with Crippen LogP contribution in [-0.2, 0) is 4.74 Å². The molecule has 2 aromatic carbocycles. The summed E-state index contributed by atoms with van der Waals surface area (Å²) in [7, 11) is 0. The highest BCUT2D eigenvalue weighted by atomic mass is 79.9. The van der Waals surface area contributed by atoms with Crippen molar-refractivity contribution < 1.29 is 14.3 Å². The van der Waals surface area contributed by atoms with E-state index in [1.165, 1.54) is 0 Å². The molecule has 1 N–H and O–H groups in total. The Bertz CT molecular complexity index is 915. The van der Waals surface area contributed by atoms with Gasteiger partial charge in [-0.05, 0) is 75.7 Å². The molecular formula is C25H34BrN3O3. The number of halogens is 1. The number of nitrogens with zero attached hydrogens (tertiary/aromatic N) is 2. The molecule has 3 rings (SSSR count). The van der Waals surface area contributed by atoms with Gasteiger partial charge in [-0.1, -0.05) is 29.8 Å². The minimum atomic E-state index is -0.484. The Morgan fingerprint density at radius 3 is 2.09 bits per heavy atom. The third-order valence-corrected chi connectivity index (χ3v) is 5.39. The topological polar surface area (TPSA) is 61.9 Å². The van der Waals surface area contributed by atoms with E-state index in [1.807, 2.05) is 65.8 Å². The van der Waals surface area contributed by atoms with Crippen molar-refractivity contribution in [3.8, 4) is 0 Å². The molecule has 6 nitrogen and oxygen atoms in total. The Labute approximate surface area is 200 Å². The van der Waals surface area contributed by atoms with Crippen LogP contribution in [0.2, 0.25) is 0 Å². The molecule has 1 heterocycles. The van der Waals surface area contributed by atoms with E-state index < -0.39 is 5.60 Å². The molecule has 0 radical (unpaired) electrons. The van der Waals surface area contributed by atoms with Gasteiger partial charge in [0.2, 0.25) is 0 Å². The molecule has 0 aromatic heterocycles. The van der Waals surface area contributed by atoms with Gasteiger partial charge >= 0.3 is 6.09 Å². The zero-order chi connectivity index (χ0) is 23.9. The second-order valence-corrected chi connectivity index (χ2v) is 9.33. The van der Waals surface area contributed by atoms with Crippen LogP contribution in [0, 0.1) is 6.92 Å². The summed E-state index contributed by atoms with van der Waals surface area (Å²) in [6.07, 6.45) is -0.260. The monoisotopic (exact) mass is 503 g/mol. The maximum Gasteiger partial charge on any atom is 0.410 e. The molecule has 1 aliphatic rings. The first-order valence-corrected chi connectivity index (χ1v) is 11.8. The molecule has 7 heteroatoms. The van der Waals surface area contributed by atoms with E-state index >= 15 is 0 Å². The van der Waals surface area contributed by atoms with Crippen LogP contribution in [0.5, 0.6) is 0 Å². The molecule has 1 saturated heterocycles. The number of nitrogens with one attached hydrogen (secondary N) is 1. The minimum absolute atomic E-state index is 0.135. The van der Waals surface area contributed by atoms with Gasteiger partial charge in [-0.3, -0.25) is 4.79 Å². The highest BCUT2D eigenvalue weighted by molar-refractivity contribution is 9.10. The number of carbonyl (C=O) groups is 2. The van der Waals surface area contributed by atoms with Crippen LogP contribution in [0.1, 0.15) is 50.5 Å². The van der Waals surface area contributed by atoms with Crippen LogP contribution in [0.25, 0.3) is 0 Å². The summed E-state index contributed by atoms with van der Waals surface area (Å²) < 4.78 is 6.40. The number of hydrogen-bond acceptors (Lipinski definition) is 4. The van der Waals surface area contributed by atoms with Gasteiger partial charge in [-0.25, -0.2) is 4.79 Å². The van der Waals surface area contributed by atoms with Crippen molar-refractivity contribution in [1.29, 1.82) is 0 Å². The van der Waals surface area contributed by atoms with E-state index in [-0.39, 0.29) is 12.0 Å². The van der Waals surface area contributed by atoms with Crippen LogP contribution in [0.3, 0.4) is 0 Å². The van der Waals surface area contributed by atoms with Crippen LogP contribution in [0.4, 0.5) is 16.2 Å². The minimum Gasteiger partial charge on any atom is -0.444 e. The fourth-order valence-corrected chi connectivity index (χ4v) is 3.52. The third kappa shape index (κ3) is 7.26. The van der Waals surface area contributed by atoms with Crippen molar-refractivity contribution >= 4 is 39.3 Å². The summed E-state index contributed by atoms with van der Waals surface area (Å²) in [6, 6.07) is 13.3. The molecule has 0 bridgehead atoms. The highest BCUT2D eigenvalue weighted by Gasteiger charge is 2.26. The molecule has 174 valence electrons. The molecule has 32 heavy (non-hydrogen) atoms. The Balaban J connectivity index is 0.00000176. The maximum atomic E-state index is 12.5. The summed E-state index contributed by atoms with van der Waals surface area (Å²) in [5.74, 6) is -0.135. The molecule has 1 fully saturated rings. The lowest BCUT2D eigenvalue weighted by Gasteiger charge is -2.37. The number of rotatable bonds is 3. The maximum absolute atomic E-state index is 12.5. The SMILES string of the molecule is CC.Cc1cc(N2CCN(C(=O)OC(C)(C)C)CC2)ccc1NC(=O)c1ccc(Br)cc1. The van der Waals surface area contributed by atoms with E-state index in [9.17, 15) is 9.59 Å². The molecule has 0 aliphatic carbocycles. The summed E-state index contributed by atoms with van der Waals surface area (Å²) in [6.45, 7) is 14.3. The number of aryl methyl sites for hydroxylation is 1. The van der Waals surface area contributed by atoms with Crippen LogP contribution in [-0.4, -0.2) is 48.7 Å². The quantitative estimate of drug-likeness (QED) is 0.549. The summed E-state index contributed by atoms with van der Waals surface area (Å²) in [4.78, 5) is 28.7. The largest absolute Gasteiger partial charge is 0.444 e. The first-order chi connectivity index (χ1) is 15.1. The average molecular weight is 504 g/mol. The number of benzene rings is 2. The van der Waals surface area contributed by atoms with Gasteiger partial charge in [-0.2, -0.15) is 0 Å². The summed E-state index contributed by atoms with van der Waals surface area (Å²) >= 11 is 3.38. The molecule has 0 saturated carbocycles. The first-order valence-electron chi connectivity index (χ1n) is 11.0. The van der Waals surface area contributed by atoms with Crippen molar-refractivity contribution in [3.63, 3.8) is 0 Å². The fourth-order valence-electron chi connectivity index (χ4n) is 3.25. The average Bonchev–Trinajstić information content (AvgIpc) is 2.76. The number of hydrogen-bond donors (Lipinski definition) is 1. The van der Waals surface area contributed by atoms with Gasteiger partial charge in [0.15, 0.2) is 0 Å². The van der Waals surface area contributed by atoms with E-state index in [1.54, 1.807) is 17.0 Å². The Morgan fingerprint density at radius 1 is 0.969 bits per heavy atom. The molecule has 2 amide bonds. The molecular weight excluding hydrogens is 470 g/mol. The van der Waals surface area contributed by atoms with E-state index in [0.29, 0.717) is 18.7 Å². The Hall–Kier alpha value is -2.54. The number of anilines is 2. The van der Waals surface area contributed by atoms with Gasteiger partial charge in [0.1, 0.15) is 5.60 Å². The lowest BCUT2D eigenvalue weighted by Crippen LogP contribution is -2.50. The third-order valence-electron chi connectivity index (χ3n) is 4.86. The number of piperazine rings is 1. The molecule has 1 aliphatic heterocycles. The second-order valence-electron chi connectivity index (χ2n) is 8.41. The van der Waals surface area contributed by atoms with E-state index in [2.05, 4.69) is 32.2 Å². The van der Waals surface area contributed by atoms with Crippen molar-refractivity contribution in [2.45, 2.75) is 47.1 Å². The molecule has 0 unspecified atom stereocenters. The van der Waals surface area contributed by atoms with Gasteiger partial charge < -0.3 is 19.9 Å². The smallest absolute Gasteiger partial charge is 0.410 e. The Morgan fingerprint density at radius 2 is 1.56 bits per heavy atom. The standard InChI is InChI=1S/C23H28BrN3O3.C2H6/c1-16-15-19(26-11-13-27(14-12-26)22(29)30-23(2,3)4)9-10-20(16)25-21(28)17-5-7-18(24)8-6-17;1-2/h5-10,15H,11-14H2,1-4H3,(H,25,28);1-2H3. The summed E-state index contributed by atoms with van der Waals surface area (Å²) in [5.41, 5.74) is 2.99. The van der Waals surface area contributed by atoms with Gasteiger partial charge in [0.25, 0.3) is 5.91 Å². The van der Waals surface area contributed by atoms with Crippen molar-refractivity contribution in [2.75, 3.05) is 36.4 Å². The fraction of sp³-hybridized carbons (Fsp3) is 0.440. The van der Waals surface area contributed by atoms with E-state index in [4.69, 9.17) is 4.74 Å².